The fourth-order valence-electron chi connectivity index (χ4n) is 2.98. The van der Waals surface area contributed by atoms with Crippen molar-refractivity contribution in [1.29, 1.82) is 0 Å². The number of rotatable bonds is 7. The Balaban J connectivity index is 2.46. The van der Waals surface area contributed by atoms with E-state index in [1.807, 2.05) is 0 Å². The van der Waals surface area contributed by atoms with Crippen molar-refractivity contribution >= 4 is 0 Å². The molecule has 0 radical (unpaired) electrons. The van der Waals surface area contributed by atoms with Crippen molar-refractivity contribution in [3.05, 3.63) is 0 Å². The molecule has 0 aromatic heterocycles. The van der Waals surface area contributed by atoms with Gasteiger partial charge < -0.3 is 14.9 Å². The molecule has 0 amide bonds. The second-order valence-electron chi connectivity index (χ2n) is 6.84. The van der Waals surface area contributed by atoms with Crippen LogP contribution in [0.15, 0.2) is 0 Å². The molecule has 1 saturated carbocycles. The summed E-state index contributed by atoms with van der Waals surface area (Å²) in [5, 5.41) is 10.4. The smallest absolute Gasteiger partial charge is 0.0631 e. The molecule has 18 heavy (non-hydrogen) atoms. The Hall–Kier alpha value is -0.120. The third-order valence-corrected chi connectivity index (χ3v) is 4.30. The summed E-state index contributed by atoms with van der Waals surface area (Å²) >= 11 is 0. The molecular weight excluding hydrogens is 224 g/mol. The van der Waals surface area contributed by atoms with Crippen LogP contribution in [0, 0.1) is 11.3 Å². The summed E-state index contributed by atoms with van der Waals surface area (Å²) in [5.74, 6) is 0.466. The maximum atomic E-state index is 10.4. The lowest BCUT2D eigenvalue weighted by atomic mass is 9.87. The van der Waals surface area contributed by atoms with Crippen molar-refractivity contribution in [3.63, 3.8) is 0 Å². The lowest BCUT2D eigenvalue weighted by molar-refractivity contribution is 0.0319. The van der Waals surface area contributed by atoms with E-state index in [9.17, 15) is 5.11 Å². The number of hydrogen-bond donors (Lipinski definition) is 1. The Morgan fingerprint density at radius 3 is 2.28 bits per heavy atom. The Morgan fingerprint density at radius 1 is 1.17 bits per heavy atom. The molecule has 1 aliphatic rings. The molecule has 1 N–H and O–H groups in total. The monoisotopic (exact) mass is 256 g/mol. The van der Waals surface area contributed by atoms with Crippen molar-refractivity contribution in [2.45, 2.75) is 46.1 Å². The fraction of sp³-hybridized carbons (Fsp3) is 1.00. The van der Waals surface area contributed by atoms with Gasteiger partial charge in [-0.2, -0.15) is 0 Å². The highest BCUT2D eigenvalue weighted by Crippen LogP contribution is 2.41. The minimum absolute atomic E-state index is 0.115. The average molecular weight is 256 g/mol. The Labute approximate surface area is 113 Å². The topological polar surface area (TPSA) is 26.7 Å². The normalized spacial score (nSPS) is 27.3. The van der Waals surface area contributed by atoms with Gasteiger partial charge in [-0.1, -0.05) is 20.8 Å². The van der Waals surface area contributed by atoms with E-state index < -0.39 is 0 Å². The van der Waals surface area contributed by atoms with Gasteiger partial charge in [-0.15, -0.1) is 0 Å². The van der Waals surface area contributed by atoms with Crippen LogP contribution in [0.2, 0.25) is 0 Å². The van der Waals surface area contributed by atoms with E-state index in [-0.39, 0.29) is 11.5 Å². The van der Waals surface area contributed by atoms with Gasteiger partial charge in [0.1, 0.15) is 0 Å². The van der Waals surface area contributed by atoms with Crippen molar-refractivity contribution < 1.29 is 5.11 Å². The SMILES string of the molecule is CCCN(CCN(C)C)CC1CCC(C)(C)C1O. The van der Waals surface area contributed by atoms with Gasteiger partial charge in [-0.3, -0.25) is 0 Å². The standard InChI is InChI=1S/C15H32N2O/c1-6-9-17(11-10-16(4)5)12-13-7-8-15(2,3)14(13)18/h13-14,18H,6-12H2,1-5H3. The summed E-state index contributed by atoms with van der Waals surface area (Å²) in [7, 11) is 4.25. The molecule has 0 spiro atoms. The maximum absolute atomic E-state index is 10.4. The number of nitrogens with zero attached hydrogens (tertiary/aromatic N) is 2. The van der Waals surface area contributed by atoms with Gasteiger partial charge >= 0.3 is 0 Å². The minimum Gasteiger partial charge on any atom is -0.392 e. The zero-order chi connectivity index (χ0) is 13.8. The van der Waals surface area contributed by atoms with Crippen LogP contribution in [0.4, 0.5) is 0 Å². The van der Waals surface area contributed by atoms with Gasteiger partial charge in [0.2, 0.25) is 0 Å². The molecule has 1 fully saturated rings. The van der Waals surface area contributed by atoms with Crippen molar-refractivity contribution in [2.24, 2.45) is 11.3 Å². The molecule has 0 aliphatic heterocycles. The van der Waals surface area contributed by atoms with Gasteiger partial charge in [0.25, 0.3) is 0 Å². The molecule has 0 bridgehead atoms. The molecule has 0 aromatic rings. The van der Waals surface area contributed by atoms with Gasteiger partial charge in [0.15, 0.2) is 0 Å². The van der Waals surface area contributed by atoms with Crippen LogP contribution in [0.25, 0.3) is 0 Å². The summed E-state index contributed by atoms with van der Waals surface area (Å²) in [6.07, 6.45) is 3.40. The van der Waals surface area contributed by atoms with E-state index in [2.05, 4.69) is 44.7 Å². The molecule has 1 rings (SSSR count). The number of likely N-dealkylation sites (N-methyl/N-ethyl adjacent to an activating group) is 1. The van der Waals surface area contributed by atoms with Gasteiger partial charge in [-0.25, -0.2) is 0 Å². The van der Waals surface area contributed by atoms with Gasteiger partial charge in [0, 0.05) is 19.6 Å². The van der Waals surface area contributed by atoms with Crippen molar-refractivity contribution in [2.75, 3.05) is 40.3 Å². The summed E-state index contributed by atoms with van der Waals surface area (Å²) in [6.45, 7) is 11.1. The highest BCUT2D eigenvalue weighted by atomic mass is 16.3. The first-order valence-electron chi connectivity index (χ1n) is 7.42. The molecule has 2 atom stereocenters. The average Bonchev–Trinajstić information content (AvgIpc) is 2.53. The lowest BCUT2D eigenvalue weighted by Gasteiger charge is -2.30. The molecule has 3 nitrogen and oxygen atoms in total. The van der Waals surface area contributed by atoms with Gasteiger partial charge in [0.05, 0.1) is 6.10 Å². The summed E-state index contributed by atoms with van der Waals surface area (Å²) in [5.41, 5.74) is 0.115. The number of aliphatic hydroxyl groups excluding tert-OH is 1. The van der Waals surface area contributed by atoms with Crippen LogP contribution >= 0.6 is 0 Å². The first kappa shape index (κ1) is 15.9. The van der Waals surface area contributed by atoms with Crippen LogP contribution < -0.4 is 0 Å². The first-order valence-corrected chi connectivity index (χ1v) is 7.42. The van der Waals surface area contributed by atoms with Gasteiger partial charge in [-0.05, 0) is 51.2 Å². The van der Waals surface area contributed by atoms with E-state index in [1.54, 1.807) is 0 Å². The highest BCUT2D eigenvalue weighted by molar-refractivity contribution is 4.92. The number of aliphatic hydroxyl groups is 1. The molecule has 2 unspecified atom stereocenters. The quantitative estimate of drug-likeness (QED) is 0.755. The second kappa shape index (κ2) is 6.88. The minimum atomic E-state index is -0.129. The molecule has 0 saturated heterocycles. The van der Waals surface area contributed by atoms with Crippen LogP contribution in [0.5, 0.6) is 0 Å². The van der Waals surface area contributed by atoms with Crippen LogP contribution in [0.3, 0.4) is 0 Å². The van der Waals surface area contributed by atoms with Crippen LogP contribution in [-0.2, 0) is 0 Å². The third kappa shape index (κ3) is 4.52. The molecule has 0 aromatic carbocycles. The van der Waals surface area contributed by atoms with E-state index in [1.165, 1.54) is 12.8 Å². The predicted molar refractivity (Wildman–Crippen MR) is 77.8 cm³/mol. The van der Waals surface area contributed by atoms with Crippen molar-refractivity contribution in [1.82, 2.24) is 9.80 Å². The van der Waals surface area contributed by atoms with E-state index in [4.69, 9.17) is 0 Å². The van der Waals surface area contributed by atoms with E-state index in [0.717, 1.165) is 32.6 Å². The number of hydrogen-bond acceptors (Lipinski definition) is 3. The fourth-order valence-corrected chi connectivity index (χ4v) is 2.98. The van der Waals surface area contributed by atoms with E-state index >= 15 is 0 Å². The Bertz CT molecular complexity index is 241. The molecular formula is C15H32N2O. The Morgan fingerprint density at radius 2 is 1.83 bits per heavy atom. The Kier molecular flexibility index (Phi) is 6.09. The van der Waals surface area contributed by atoms with Crippen LogP contribution in [-0.4, -0.2) is 61.3 Å². The first-order chi connectivity index (χ1) is 8.36. The second-order valence-corrected chi connectivity index (χ2v) is 6.84. The molecule has 3 heteroatoms. The third-order valence-electron chi connectivity index (χ3n) is 4.30. The zero-order valence-corrected chi connectivity index (χ0v) is 12.9. The summed E-state index contributed by atoms with van der Waals surface area (Å²) in [4.78, 5) is 4.76. The molecule has 1 aliphatic carbocycles. The van der Waals surface area contributed by atoms with E-state index in [0.29, 0.717) is 5.92 Å². The highest BCUT2D eigenvalue weighted by Gasteiger charge is 2.40. The lowest BCUT2D eigenvalue weighted by Crippen LogP contribution is -2.39. The molecule has 0 heterocycles. The van der Waals surface area contributed by atoms with Crippen LogP contribution in [0.1, 0.15) is 40.0 Å². The molecule has 108 valence electrons. The van der Waals surface area contributed by atoms with Crippen molar-refractivity contribution in [3.8, 4) is 0 Å². The summed E-state index contributed by atoms with van der Waals surface area (Å²) in [6, 6.07) is 0. The largest absolute Gasteiger partial charge is 0.392 e. The summed E-state index contributed by atoms with van der Waals surface area (Å²) < 4.78 is 0. The predicted octanol–water partition coefficient (Wildman–Crippen LogP) is 2.06. The maximum Gasteiger partial charge on any atom is 0.0631 e. The zero-order valence-electron chi connectivity index (χ0n) is 12.9.